The van der Waals surface area contributed by atoms with Crippen molar-refractivity contribution in [3.8, 4) is 0 Å². The number of ketones is 6. The minimum atomic E-state index is -1.21. The van der Waals surface area contributed by atoms with Crippen LogP contribution in [0.2, 0.25) is 0 Å². The third-order valence-corrected chi connectivity index (χ3v) is 13.9. The van der Waals surface area contributed by atoms with Crippen molar-refractivity contribution < 1.29 is 91.3 Å². The lowest BCUT2D eigenvalue weighted by Gasteiger charge is -2.23. The number of nitrogens with one attached hydrogen (secondary N) is 5. The molecule has 0 spiro atoms. The summed E-state index contributed by atoms with van der Waals surface area (Å²) in [6, 6.07) is 8.38. The van der Waals surface area contributed by atoms with Crippen molar-refractivity contribution in [1.29, 1.82) is 0 Å². The summed E-state index contributed by atoms with van der Waals surface area (Å²) in [5.74, 6) is -9.41. The minimum Gasteiger partial charge on any atom is -0.481 e. The summed E-state index contributed by atoms with van der Waals surface area (Å²) in [4.78, 5) is 195. The molecular formula is C62H87N7O19. The van der Waals surface area contributed by atoms with Crippen LogP contribution in [-0.2, 0) is 92.6 Å². The maximum atomic E-state index is 12.8. The molecule has 0 radical (unpaired) electrons. The van der Waals surface area contributed by atoms with E-state index in [9.17, 15) is 81.8 Å². The number of carbonyl (C=O) groups is 16. The highest BCUT2D eigenvalue weighted by molar-refractivity contribution is 6.13. The first-order chi connectivity index (χ1) is 41.6. The number of carboxylic acid groups (broad SMARTS) is 1. The molecule has 6 N–H and O–H groups in total. The van der Waals surface area contributed by atoms with Crippen molar-refractivity contribution in [2.24, 2.45) is 35.5 Å². The lowest BCUT2D eigenvalue weighted by Crippen LogP contribution is -2.45. The zero-order chi connectivity index (χ0) is 65.9. The Morgan fingerprint density at radius 1 is 0.489 bits per heavy atom. The monoisotopic (exact) mass is 1230 g/mol. The van der Waals surface area contributed by atoms with Crippen LogP contribution in [0, 0.1) is 35.5 Å². The van der Waals surface area contributed by atoms with Gasteiger partial charge in [0.1, 0.15) is 17.3 Å². The van der Waals surface area contributed by atoms with E-state index in [1.165, 1.54) is 0 Å². The van der Waals surface area contributed by atoms with E-state index in [1.54, 1.807) is 48.5 Å². The number of imide groups is 2. The second-order valence-corrected chi connectivity index (χ2v) is 22.3. The molecule has 0 unspecified atom stereocenters. The number of Topliss-reactive ketones (excluding diaryl/α,β-unsaturated/α-hetero) is 6. The number of nitrogens with zero attached hydrogens (tertiary/aromatic N) is 2. The van der Waals surface area contributed by atoms with Crippen molar-refractivity contribution in [2.45, 2.75) is 132 Å². The van der Waals surface area contributed by atoms with E-state index in [0.717, 1.165) is 39.7 Å². The number of amides is 9. The van der Waals surface area contributed by atoms with Crippen molar-refractivity contribution in [1.82, 2.24) is 36.4 Å². The second kappa shape index (κ2) is 41.0. The van der Waals surface area contributed by atoms with Gasteiger partial charge in [0.15, 0.2) is 17.3 Å². The molecule has 0 saturated heterocycles. The van der Waals surface area contributed by atoms with Crippen LogP contribution < -0.4 is 26.6 Å². The number of carbonyl (C=O) groups excluding carboxylic acids is 15. The Bertz CT molecular complexity index is 2670. The fraction of sp³-hybridized carbons (Fsp3) is 0.581. The van der Waals surface area contributed by atoms with E-state index in [4.69, 9.17) is 9.47 Å². The predicted octanol–water partition coefficient (Wildman–Crippen LogP) is 1.68. The van der Waals surface area contributed by atoms with Gasteiger partial charge in [0.05, 0.1) is 51.5 Å². The number of benzene rings is 1. The molecule has 26 nitrogen and oxygen atoms in total. The average Bonchev–Trinajstić information content (AvgIpc) is 4.18. The summed E-state index contributed by atoms with van der Waals surface area (Å²) < 4.78 is 10.7. The third kappa shape index (κ3) is 30.9. The van der Waals surface area contributed by atoms with Gasteiger partial charge in [0.2, 0.25) is 29.5 Å². The maximum absolute atomic E-state index is 12.8. The Balaban J connectivity index is 0.000000601. The standard InChI is InChI=1S/C32H42N4O9.C30H45N3O10/c1-22(2)27(39)21-35-32(44)24(18-23-6-4-3-5-7-23)19-26(38)20-34-28(40)9-8-25(37)13-16-45-17-14-33-29(41)12-15-36-30(42)10-11-31(36)43;1-18(2)28(23(35)16-20(5)29(40)19(3)4)32-25(37)7-6-21(30(41)42)17-22(34)11-14-43-15-12-31-24(36)10-13-33-26(38)8-9-27(33)39/h3-7,10-11,22,24H,8-9,12-21H2,1-2H3,(H,33,41)(H,34,40)(H,35,44);8-9,18-21,28H,6-7,10-17H2,1-5H3,(H,31,36)(H,32,37)(H,41,42)/t24-;20-,21-,28+/m11/s1. The van der Waals surface area contributed by atoms with Gasteiger partial charge in [-0.3, -0.25) is 86.5 Å². The topological polar surface area (TPSA) is 378 Å². The Morgan fingerprint density at radius 2 is 0.989 bits per heavy atom. The number of ether oxygens (including phenoxy) is 2. The second-order valence-electron chi connectivity index (χ2n) is 22.3. The fourth-order valence-corrected chi connectivity index (χ4v) is 8.66. The average molecular weight is 1230 g/mol. The van der Waals surface area contributed by atoms with Crippen LogP contribution in [0.4, 0.5) is 0 Å². The van der Waals surface area contributed by atoms with Gasteiger partial charge in [-0.25, -0.2) is 0 Å². The SMILES string of the molecule is CC(C)C(=O)CNC(=O)[C@@H](CC(=O)CNC(=O)CCC(=O)CCOCCNC(=O)CCN1C(=O)C=CC1=O)Cc1ccccc1.CC(C)C(=O)[C@H](C)CC(=O)[C@@H](NC(=O)CC[C@H](CC(=O)CCOCCNC(=O)CCN1C(=O)C=CC1=O)C(=O)O)C(C)C. The fourth-order valence-electron chi connectivity index (χ4n) is 8.66. The largest absolute Gasteiger partial charge is 0.481 e. The van der Waals surface area contributed by atoms with Crippen LogP contribution in [0.3, 0.4) is 0 Å². The van der Waals surface area contributed by atoms with Crippen LogP contribution in [0.15, 0.2) is 54.6 Å². The van der Waals surface area contributed by atoms with Gasteiger partial charge in [-0.1, -0.05) is 78.8 Å². The summed E-state index contributed by atoms with van der Waals surface area (Å²) in [7, 11) is 0. The van der Waals surface area contributed by atoms with Crippen LogP contribution in [0.5, 0.6) is 0 Å². The predicted molar refractivity (Wildman–Crippen MR) is 317 cm³/mol. The van der Waals surface area contributed by atoms with Crippen molar-refractivity contribution in [3.63, 3.8) is 0 Å². The normalized spacial score (nSPS) is 14.0. The number of rotatable bonds is 44. The molecule has 1 aromatic carbocycles. The molecule has 0 bridgehead atoms. The highest BCUT2D eigenvalue weighted by atomic mass is 16.5. The Labute approximate surface area is 512 Å². The number of hydrogen-bond acceptors (Lipinski definition) is 18. The molecule has 9 amide bonds. The van der Waals surface area contributed by atoms with Crippen LogP contribution >= 0.6 is 0 Å². The Morgan fingerprint density at radius 3 is 1.48 bits per heavy atom. The molecule has 0 aromatic heterocycles. The molecule has 4 atom stereocenters. The zero-order valence-electron chi connectivity index (χ0n) is 51.5. The summed E-state index contributed by atoms with van der Waals surface area (Å²) in [6.45, 7) is 12.5. The van der Waals surface area contributed by atoms with Gasteiger partial charge in [-0.2, -0.15) is 0 Å². The van der Waals surface area contributed by atoms with Crippen molar-refractivity contribution in [3.05, 3.63) is 60.2 Å². The smallest absolute Gasteiger partial charge is 0.306 e. The Hall–Kier alpha value is -8.26. The summed E-state index contributed by atoms with van der Waals surface area (Å²) in [5.41, 5.74) is 0.861. The summed E-state index contributed by atoms with van der Waals surface area (Å²) >= 11 is 0. The molecule has 3 rings (SSSR count). The van der Waals surface area contributed by atoms with Gasteiger partial charge >= 0.3 is 5.97 Å². The lowest BCUT2D eigenvalue weighted by molar-refractivity contribution is -0.144. The molecule has 26 heteroatoms. The molecule has 1 aromatic rings. The van der Waals surface area contributed by atoms with Gasteiger partial charge in [-0.05, 0) is 24.3 Å². The van der Waals surface area contributed by atoms with Gasteiger partial charge in [0, 0.05) is 138 Å². The van der Waals surface area contributed by atoms with Crippen molar-refractivity contribution >= 4 is 93.8 Å². The third-order valence-electron chi connectivity index (χ3n) is 13.9. The number of carboxylic acids is 1. The first-order valence-electron chi connectivity index (χ1n) is 29.6. The molecule has 2 heterocycles. The summed E-state index contributed by atoms with van der Waals surface area (Å²) in [6.07, 6.45) is 3.98. The van der Waals surface area contributed by atoms with Gasteiger partial charge < -0.3 is 41.2 Å². The number of hydrogen-bond donors (Lipinski definition) is 6. The molecule has 0 aliphatic carbocycles. The van der Waals surface area contributed by atoms with E-state index in [1.807, 2.05) is 30.3 Å². The van der Waals surface area contributed by atoms with E-state index >= 15 is 0 Å². The van der Waals surface area contributed by atoms with Crippen LogP contribution in [0.1, 0.15) is 125 Å². The molecule has 484 valence electrons. The van der Waals surface area contributed by atoms with E-state index in [0.29, 0.717) is 6.42 Å². The van der Waals surface area contributed by atoms with E-state index in [2.05, 4.69) is 26.6 Å². The maximum Gasteiger partial charge on any atom is 0.306 e. The Kier molecular flexibility index (Phi) is 35.3. The van der Waals surface area contributed by atoms with E-state index in [-0.39, 0.29) is 201 Å². The lowest BCUT2D eigenvalue weighted by atomic mass is 9.88. The molecule has 2 aliphatic rings. The molecular weight excluding hydrogens is 1150 g/mol. The first kappa shape index (κ1) is 75.8. The molecule has 0 fully saturated rings. The summed E-state index contributed by atoms with van der Waals surface area (Å²) in [5, 5.41) is 22.5. The quantitative estimate of drug-likeness (QED) is 0.0400. The zero-order valence-corrected chi connectivity index (χ0v) is 51.5. The first-order valence-corrected chi connectivity index (χ1v) is 29.6. The van der Waals surface area contributed by atoms with Crippen molar-refractivity contribution in [2.75, 3.05) is 65.7 Å². The molecule has 0 saturated carbocycles. The van der Waals surface area contributed by atoms with Gasteiger partial charge in [0.25, 0.3) is 23.6 Å². The van der Waals surface area contributed by atoms with Crippen LogP contribution in [-0.4, -0.2) is 180 Å². The minimum absolute atomic E-state index is 0.00181. The molecule has 2 aliphatic heterocycles. The molecule has 88 heavy (non-hydrogen) atoms. The van der Waals surface area contributed by atoms with Crippen LogP contribution in [0.25, 0.3) is 0 Å². The van der Waals surface area contributed by atoms with Gasteiger partial charge in [-0.15, -0.1) is 0 Å². The highest BCUT2D eigenvalue weighted by Crippen LogP contribution is 2.18. The highest BCUT2D eigenvalue weighted by Gasteiger charge is 2.30. The number of aliphatic carboxylic acids is 1. The van der Waals surface area contributed by atoms with E-state index < -0.39 is 71.1 Å².